The number of benzene rings is 2. The van der Waals surface area contributed by atoms with E-state index in [1.54, 1.807) is 11.0 Å². The molecule has 0 saturated heterocycles. The van der Waals surface area contributed by atoms with Crippen LogP contribution in [0, 0.1) is 6.92 Å². The van der Waals surface area contributed by atoms with Crippen LogP contribution in [0.25, 0.3) is 0 Å². The molecule has 0 radical (unpaired) electrons. The third-order valence-corrected chi connectivity index (χ3v) is 3.59. The number of hydrogen-bond donors (Lipinski definition) is 1. The maximum absolute atomic E-state index is 12.6. The van der Waals surface area contributed by atoms with Crippen LogP contribution in [-0.4, -0.2) is 12.5 Å². The Bertz CT molecular complexity index is 632. The Morgan fingerprint density at radius 1 is 1.11 bits per heavy atom. The van der Waals surface area contributed by atoms with Crippen LogP contribution in [0.1, 0.15) is 21.5 Å². The molecule has 3 heteroatoms. The normalized spacial score (nSPS) is 14.4. The summed E-state index contributed by atoms with van der Waals surface area (Å²) in [6.07, 6.45) is 0.847. The van der Waals surface area contributed by atoms with Crippen molar-refractivity contribution in [2.45, 2.75) is 13.3 Å². The summed E-state index contributed by atoms with van der Waals surface area (Å²) in [6.45, 7) is 2.74. The van der Waals surface area contributed by atoms with Crippen molar-refractivity contribution in [2.75, 3.05) is 17.2 Å². The largest absolute Gasteiger partial charge is 0.398 e. The second-order valence-corrected chi connectivity index (χ2v) is 4.92. The molecule has 19 heavy (non-hydrogen) atoms. The quantitative estimate of drug-likeness (QED) is 0.793. The van der Waals surface area contributed by atoms with E-state index in [4.69, 9.17) is 5.73 Å². The summed E-state index contributed by atoms with van der Waals surface area (Å²) in [5.41, 5.74) is 10.4. The molecule has 0 aromatic heterocycles. The minimum Gasteiger partial charge on any atom is -0.398 e. The number of aryl methyl sites for hydroxylation is 1. The fourth-order valence-electron chi connectivity index (χ4n) is 2.53. The van der Waals surface area contributed by atoms with E-state index in [1.165, 1.54) is 5.56 Å². The summed E-state index contributed by atoms with van der Waals surface area (Å²) in [5, 5.41) is 0. The molecule has 2 N–H and O–H groups in total. The topological polar surface area (TPSA) is 46.3 Å². The molecule has 1 amide bonds. The van der Waals surface area contributed by atoms with Crippen molar-refractivity contribution < 1.29 is 4.79 Å². The van der Waals surface area contributed by atoms with Crippen molar-refractivity contribution >= 4 is 17.3 Å². The highest BCUT2D eigenvalue weighted by Crippen LogP contribution is 2.28. The number of nitrogen functional groups attached to an aromatic ring is 1. The zero-order valence-electron chi connectivity index (χ0n) is 10.9. The van der Waals surface area contributed by atoms with Crippen molar-refractivity contribution in [3.63, 3.8) is 0 Å². The Balaban J connectivity index is 2.02. The van der Waals surface area contributed by atoms with Crippen molar-refractivity contribution in [1.29, 1.82) is 0 Å². The minimum absolute atomic E-state index is 0.00297. The van der Waals surface area contributed by atoms with Gasteiger partial charge in [0.15, 0.2) is 0 Å². The van der Waals surface area contributed by atoms with Crippen LogP contribution < -0.4 is 10.6 Å². The maximum Gasteiger partial charge on any atom is 0.260 e. The van der Waals surface area contributed by atoms with Crippen LogP contribution >= 0.6 is 0 Å². The van der Waals surface area contributed by atoms with E-state index in [-0.39, 0.29) is 5.91 Å². The first-order valence-electron chi connectivity index (χ1n) is 6.43. The Hall–Kier alpha value is -2.29. The van der Waals surface area contributed by atoms with Crippen LogP contribution in [0.15, 0.2) is 42.5 Å². The zero-order chi connectivity index (χ0) is 13.4. The van der Waals surface area contributed by atoms with E-state index in [0.717, 1.165) is 17.7 Å². The molecule has 2 aromatic rings. The highest BCUT2D eigenvalue weighted by Gasteiger charge is 2.26. The number of nitrogens with two attached hydrogens (primary N) is 1. The van der Waals surface area contributed by atoms with Gasteiger partial charge in [-0.15, -0.1) is 0 Å². The summed E-state index contributed by atoms with van der Waals surface area (Å²) in [7, 11) is 0. The van der Waals surface area contributed by atoms with Gasteiger partial charge in [0.2, 0.25) is 0 Å². The SMILES string of the molecule is Cc1ccc(N2CCc3cccc(N)c3C2=O)cc1. The van der Waals surface area contributed by atoms with Gasteiger partial charge >= 0.3 is 0 Å². The third kappa shape index (κ3) is 1.97. The highest BCUT2D eigenvalue weighted by atomic mass is 16.2. The molecule has 2 aromatic carbocycles. The van der Waals surface area contributed by atoms with Gasteiger partial charge in [0.25, 0.3) is 5.91 Å². The van der Waals surface area contributed by atoms with Crippen molar-refractivity contribution in [3.8, 4) is 0 Å². The Kier molecular flexibility index (Phi) is 2.75. The molecule has 0 bridgehead atoms. The van der Waals surface area contributed by atoms with Crippen LogP contribution in [0.3, 0.4) is 0 Å². The van der Waals surface area contributed by atoms with Gasteiger partial charge in [0.1, 0.15) is 0 Å². The second kappa shape index (κ2) is 4.43. The molecular weight excluding hydrogens is 236 g/mol. The number of fused-ring (bicyclic) bond motifs is 1. The van der Waals surface area contributed by atoms with Crippen molar-refractivity contribution in [1.82, 2.24) is 0 Å². The van der Waals surface area contributed by atoms with Crippen LogP contribution in [0.2, 0.25) is 0 Å². The van der Waals surface area contributed by atoms with Crippen molar-refractivity contribution in [2.24, 2.45) is 0 Å². The van der Waals surface area contributed by atoms with Gasteiger partial charge in [-0.25, -0.2) is 0 Å². The number of carbonyl (C=O) groups excluding carboxylic acids is 1. The van der Waals surface area contributed by atoms with Crippen molar-refractivity contribution in [3.05, 3.63) is 59.2 Å². The molecule has 1 aliphatic heterocycles. The summed E-state index contributed by atoms with van der Waals surface area (Å²) < 4.78 is 0. The summed E-state index contributed by atoms with van der Waals surface area (Å²) in [5.74, 6) is 0.00297. The molecule has 3 rings (SSSR count). The van der Waals surface area contributed by atoms with E-state index in [1.807, 2.05) is 43.3 Å². The average Bonchev–Trinajstić information content (AvgIpc) is 2.40. The van der Waals surface area contributed by atoms with Gasteiger partial charge in [-0.3, -0.25) is 4.79 Å². The van der Waals surface area contributed by atoms with Crippen LogP contribution in [0.5, 0.6) is 0 Å². The predicted molar refractivity (Wildman–Crippen MR) is 77.4 cm³/mol. The number of anilines is 2. The van der Waals surface area contributed by atoms with E-state index in [9.17, 15) is 4.79 Å². The fourth-order valence-corrected chi connectivity index (χ4v) is 2.53. The van der Waals surface area contributed by atoms with Gasteiger partial charge in [-0.1, -0.05) is 29.8 Å². The van der Waals surface area contributed by atoms with Gasteiger partial charge in [0, 0.05) is 17.9 Å². The lowest BCUT2D eigenvalue weighted by Gasteiger charge is -2.29. The lowest BCUT2D eigenvalue weighted by Crippen LogP contribution is -2.38. The zero-order valence-corrected chi connectivity index (χ0v) is 10.9. The number of hydrogen-bond acceptors (Lipinski definition) is 2. The maximum atomic E-state index is 12.6. The molecule has 1 heterocycles. The molecule has 0 fully saturated rings. The standard InChI is InChI=1S/C16H16N2O/c1-11-5-7-13(8-6-11)18-10-9-12-3-2-4-14(17)15(12)16(18)19/h2-8H,9-10,17H2,1H3. The molecule has 96 valence electrons. The fraction of sp³-hybridized carbons (Fsp3) is 0.188. The van der Waals surface area contributed by atoms with Crippen LogP contribution in [0.4, 0.5) is 11.4 Å². The predicted octanol–water partition coefficient (Wildman–Crippen LogP) is 2.78. The van der Waals surface area contributed by atoms with Gasteiger partial charge in [0.05, 0.1) is 5.56 Å². The molecule has 3 nitrogen and oxygen atoms in total. The lowest BCUT2D eigenvalue weighted by molar-refractivity contribution is 0.0981. The smallest absolute Gasteiger partial charge is 0.260 e. The Labute approximate surface area is 112 Å². The van der Waals surface area contributed by atoms with E-state index in [2.05, 4.69) is 0 Å². The number of nitrogens with zero attached hydrogens (tertiary/aromatic N) is 1. The van der Waals surface area contributed by atoms with Crippen LogP contribution in [-0.2, 0) is 6.42 Å². The second-order valence-electron chi connectivity index (χ2n) is 4.92. The summed E-state index contributed by atoms with van der Waals surface area (Å²) in [4.78, 5) is 14.4. The van der Waals surface area contributed by atoms with E-state index >= 15 is 0 Å². The Morgan fingerprint density at radius 3 is 2.58 bits per heavy atom. The molecule has 0 spiro atoms. The number of amides is 1. The number of rotatable bonds is 1. The first kappa shape index (κ1) is 11.8. The molecule has 1 aliphatic rings. The van der Waals surface area contributed by atoms with Gasteiger partial charge < -0.3 is 10.6 Å². The molecule has 0 saturated carbocycles. The third-order valence-electron chi connectivity index (χ3n) is 3.59. The summed E-state index contributed by atoms with van der Waals surface area (Å²) >= 11 is 0. The first-order valence-corrected chi connectivity index (χ1v) is 6.43. The minimum atomic E-state index is 0.00297. The summed E-state index contributed by atoms with van der Waals surface area (Å²) in [6, 6.07) is 13.7. The van der Waals surface area contributed by atoms with E-state index in [0.29, 0.717) is 17.8 Å². The molecule has 0 unspecified atom stereocenters. The van der Waals surface area contributed by atoms with Gasteiger partial charge in [-0.2, -0.15) is 0 Å². The molecule has 0 aliphatic carbocycles. The van der Waals surface area contributed by atoms with Gasteiger partial charge in [-0.05, 0) is 37.1 Å². The number of carbonyl (C=O) groups is 1. The lowest BCUT2D eigenvalue weighted by atomic mass is 9.97. The highest BCUT2D eigenvalue weighted by molar-refractivity contribution is 6.11. The monoisotopic (exact) mass is 252 g/mol. The molecule has 0 atom stereocenters. The molecular formula is C16H16N2O. The average molecular weight is 252 g/mol. The first-order chi connectivity index (χ1) is 9.16. The Morgan fingerprint density at radius 2 is 1.84 bits per heavy atom. The van der Waals surface area contributed by atoms with E-state index < -0.39 is 0 Å².